The van der Waals surface area contributed by atoms with E-state index in [9.17, 15) is 19.7 Å². The first-order valence-electron chi connectivity index (χ1n) is 11.4. The van der Waals surface area contributed by atoms with Crippen molar-refractivity contribution in [2.24, 2.45) is 0 Å². The first-order chi connectivity index (χ1) is 17.5. The molecule has 0 unspecified atom stereocenters. The second-order valence-electron chi connectivity index (χ2n) is 8.38. The summed E-state index contributed by atoms with van der Waals surface area (Å²) in [7, 11) is 0. The number of nitro groups is 1. The van der Waals surface area contributed by atoms with Crippen LogP contribution >= 0.6 is 23.1 Å². The van der Waals surface area contributed by atoms with Gasteiger partial charge in [0.05, 0.1) is 26.6 Å². The lowest BCUT2D eigenvalue weighted by atomic mass is 10.1. The van der Waals surface area contributed by atoms with Gasteiger partial charge in [0.15, 0.2) is 5.13 Å². The minimum atomic E-state index is -0.408. The predicted octanol–water partition coefficient (Wildman–Crippen LogP) is 4.38. The maximum atomic E-state index is 12.6. The minimum absolute atomic E-state index is 0.0121. The van der Waals surface area contributed by atoms with Crippen LogP contribution in [0.3, 0.4) is 0 Å². The molecule has 36 heavy (non-hydrogen) atoms. The summed E-state index contributed by atoms with van der Waals surface area (Å²) in [5, 5.41) is 16.9. The molecule has 0 atom stereocenters. The molecule has 5 rings (SSSR count). The molecular weight excluding hydrogens is 498 g/mol. The number of fused-ring (bicyclic) bond motifs is 2. The third-order valence-corrected chi connectivity index (χ3v) is 7.96. The first-order valence-corrected chi connectivity index (χ1v) is 13.4. The van der Waals surface area contributed by atoms with Crippen molar-refractivity contribution in [2.45, 2.75) is 0 Å². The molecule has 1 N–H and O–H groups in total. The number of nitro benzene ring substituents is 1. The molecule has 3 aromatic carbocycles. The van der Waals surface area contributed by atoms with E-state index in [1.54, 1.807) is 12.1 Å². The van der Waals surface area contributed by atoms with Crippen molar-refractivity contribution in [1.82, 2.24) is 9.88 Å². The lowest BCUT2D eigenvalue weighted by molar-refractivity contribution is -0.384. The Kier molecular flexibility index (Phi) is 7.01. The number of carbonyl (C=O) groups is 2. The number of rotatable bonds is 7. The molecule has 0 spiro atoms. The number of aromatic nitrogens is 1. The standard InChI is InChI=1S/C25H23N5O4S2/c31-23(26-19-6-5-17-3-1-2-4-18(17)13-19)15-35-16-24(32)28-9-11-29(12-10-28)25-27-21-8-7-20(30(33)34)14-22(21)36-25/h1-8,13-14H,9-12,15-16H2,(H,26,31). The Morgan fingerprint density at radius 1 is 1.00 bits per heavy atom. The maximum Gasteiger partial charge on any atom is 0.270 e. The van der Waals surface area contributed by atoms with Crippen molar-refractivity contribution in [3.05, 3.63) is 70.8 Å². The smallest absolute Gasteiger partial charge is 0.270 e. The number of thiazole rings is 1. The molecule has 0 saturated carbocycles. The molecule has 1 aromatic heterocycles. The van der Waals surface area contributed by atoms with Crippen LogP contribution in [-0.4, -0.2) is 64.3 Å². The molecule has 2 heterocycles. The molecule has 4 aromatic rings. The van der Waals surface area contributed by atoms with E-state index in [2.05, 4.69) is 15.2 Å². The van der Waals surface area contributed by atoms with E-state index in [0.717, 1.165) is 31.8 Å². The second-order valence-corrected chi connectivity index (χ2v) is 10.4. The summed E-state index contributed by atoms with van der Waals surface area (Å²) >= 11 is 2.73. The van der Waals surface area contributed by atoms with E-state index in [-0.39, 0.29) is 29.0 Å². The Morgan fingerprint density at radius 2 is 1.78 bits per heavy atom. The lowest BCUT2D eigenvalue weighted by Gasteiger charge is -2.34. The molecule has 0 radical (unpaired) electrons. The Balaban J connectivity index is 1.07. The number of hydrogen-bond acceptors (Lipinski definition) is 8. The zero-order chi connectivity index (χ0) is 25.1. The largest absolute Gasteiger partial charge is 0.345 e. The van der Waals surface area contributed by atoms with Crippen molar-refractivity contribution in [3.8, 4) is 0 Å². The van der Waals surface area contributed by atoms with Crippen LogP contribution in [0.4, 0.5) is 16.5 Å². The van der Waals surface area contributed by atoms with Crippen molar-refractivity contribution < 1.29 is 14.5 Å². The number of amides is 2. The Bertz CT molecular complexity index is 1450. The van der Waals surface area contributed by atoms with E-state index >= 15 is 0 Å². The molecule has 11 heteroatoms. The van der Waals surface area contributed by atoms with Gasteiger partial charge in [-0.1, -0.05) is 41.7 Å². The average molecular weight is 522 g/mol. The van der Waals surface area contributed by atoms with Gasteiger partial charge >= 0.3 is 0 Å². The zero-order valence-corrected chi connectivity index (χ0v) is 20.9. The normalized spacial score (nSPS) is 13.8. The van der Waals surface area contributed by atoms with Crippen LogP contribution in [0.1, 0.15) is 0 Å². The third kappa shape index (κ3) is 5.42. The zero-order valence-electron chi connectivity index (χ0n) is 19.3. The molecule has 0 bridgehead atoms. The van der Waals surface area contributed by atoms with Gasteiger partial charge in [-0.2, -0.15) is 0 Å². The van der Waals surface area contributed by atoms with Crippen molar-refractivity contribution in [1.29, 1.82) is 0 Å². The number of nitrogens with one attached hydrogen (secondary N) is 1. The first kappa shape index (κ1) is 24.0. The topological polar surface area (TPSA) is 109 Å². The van der Waals surface area contributed by atoms with Crippen LogP contribution in [0.25, 0.3) is 21.0 Å². The molecule has 1 aliphatic heterocycles. The summed E-state index contributed by atoms with van der Waals surface area (Å²) in [6.07, 6.45) is 0. The minimum Gasteiger partial charge on any atom is -0.345 e. The van der Waals surface area contributed by atoms with Crippen LogP contribution in [0.2, 0.25) is 0 Å². The summed E-state index contributed by atoms with van der Waals surface area (Å²) in [6, 6.07) is 18.4. The van der Waals surface area contributed by atoms with E-state index in [1.165, 1.54) is 29.2 Å². The Morgan fingerprint density at radius 3 is 2.56 bits per heavy atom. The van der Waals surface area contributed by atoms with Crippen molar-refractivity contribution in [2.75, 3.05) is 47.9 Å². The molecular formula is C25H23N5O4S2. The summed E-state index contributed by atoms with van der Waals surface area (Å²) in [4.78, 5) is 44.1. The molecule has 1 aliphatic rings. The summed E-state index contributed by atoms with van der Waals surface area (Å²) in [6.45, 7) is 2.42. The highest BCUT2D eigenvalue weighted by Gasteiger charge is 2.23. The fourth-order valence-corrected chi connectivity index (χ4v) is 5.85. The number of thioether (sulfide) groups is 1. The van der Waals surface area contributed by atoms with Crippen LogP contribution in [0, 0.1) is 10.1 Å². The van der Waals surface area contributed by atoms with E-state index in [4.69, 9.17) is 0 Å². The third-order valence-electron chi connectivity index (χ3n) is 5.97. The fourth-order valence-electron chi connectivity index (χ4n) is 4.08. The van der Waals surface area contributed by atoms with Crippen LogP contribution in [0.15, 0.2) is 60.7 Å². The fraction of sp³-hybridized carbons (Fsp3) is 0.240. The van der Waals surface area contributed by atoms with Crippen molar-refractivity contribution in [3.63, 3.8) is 0 Å². The number of piperazine rings is 1. The number of hydrogen-bond donors (Lipinski definition) is 1. The van der Waals surface area contributed by atoms with Crippen LogP contribution < -0.4 is 10.2 Å². The number of carbonyl (C=O) groups excluding carboxylic acids is 2. The van der Waals surface area contributed by atoms with Crippen LogP contribution in [0.5, 0.6) is 0 Å². The van der Waals surface area contributed by atoms with Gasteiger partial charge in [-0.25, -0.2) is 4.98 Å². The van der Waals surface area contributed by atoms with E-state index < -0.39 is 4.92 Å². The van der Waals surface area contributed by atoms with Gasteiger partial charge in [-0.15, -0.1) is 11.8 Å². The van der Waals surface area contributed by atoms with Gasteiger partial charge in [0.2, 0.25) is 11.8 Å². The van der Waals surface area contributed by atoms with Gasteiger partial charge in [-0.3, -0.25) is 19.7 Å². The Labute approximate surface area is 215 Å². The molecule has 1 fully saturated rings. The summed E-state index contributed by atoms with van der Waals surface area (Å²) in [5.41, 5.74) is 1.53. The van der Waals surface area contributed by atoms with Gasteiger partial charge in [0.1, 0.15) is 0 Å². The molecule has 2 amide bonds. The molecule has 0 aliphatic carbocycles. The molecule has 1 saturated heterocycles. The average Bonchev–Trinajstić information content (AvgIpc) is 3.32. The van der Waals surface area contributed by atoms with E-state index in [0.29, 0.717) is 26.2 Å². The number of anilines is 2. The molecule has 9 nitrogen and oxygen atoms in total. The summed E-state index contributed by atoms with van der Waals surface area (Å²) in [5.74, 6) is 0.328. The van der Waals surface area contributed by atoms with Gasteiger partial charge in [0, 0.05) is 44.0 Å². The predicted molar refractivity (Wildman–Crippen MR) is 145 cm³/mol. The SMILES string of the molecule is O=C(CSCC(=O)N1CCN(c2nc3ccc([N+](=O)[O-])cc3s2)CC1)Nc1ccc2ccccc2c1. The van der Waals surface area contributed by atoms with Gasteiger partial charge in [0.25, 0.3) is 5.69 Å². The van der Waals surface area contributed by atoms with Gasteiger partial charge in [-0.05, 0) is 29.0 Å². The number of non-ortho nitro benzene ring substituents is 1. The molecule has 184 valence electrons. The van der Waals surface area contributed by atoms with Crippen molar-refractivity contribution >= 4 is 72.4 Å². The number of benzene rings is 3. The van der Waals surface area contributed by atoms with Gasteiger partial charge < -0.3 is 15.1 Å². The quantitative estimate of drug-likeness (QED) is 0.284. The highest BCUT2D eigenvalue weighted by molar-refractivity contribution is 8.00. The summed E-state index contributed by atoms with van der Waals surface area (Å²) < 4.78 is 0.774. The number of nitrogens with zero attached hydrogens (tertiary/aromatic N) is 4. The second kappa shape index (κ2) is 10.5. The highest BCUT2D eigenvalue weighted by Crippen LogP contribution is 2.32. The Hall–Kier alpha value is -3.70. The monoisotopic (exact) mass is 521 g/mol. The van der Waals surface area contributed by atoms with E-state index in [1.807, 2.05) is 47.4 Å². The van der Waals surface area contributed by atoms with Crippen LogP contribution in [-0.2, 0) is 9.59 Å². The maximum absolute atomic E-state index is 12.6. The highest BCUT2D eigenvalue weighted by atomic mass is 32.2. The lowest BCUT2D eigenvalue weighted by Crippen LogP contribution is -2.49.